The van der Waals surface area contributed by atoms with Crippen LogP contribution in [0.15, 0.2) is 72.8 Å². The zero-order valence-corrected chi connectivity index (χ0v) is 14.9. The van der Waals surface area contributed by atoms with Crippen LogP contribution in [0.4, 0.5) is 0 Å². The van der Waals surface area contributed by atoms with E-state index in [2.05, 4.69) is 62.4 Å². The number of rotatable bonds is 7. The van der Waals surface area contributed by atoms with Crippen LogP contribution >= 0.6 is 0 Å². The van der Waals surface area contributed by atoms with Crippen molar-refractivity contribution in [3.63, 3.8) is 0 Å². The second-order valence-corrected chi connectivity index (χ2v) is 6.33. The first-order chi connectivity index (χ1) is 12.2. The average Bonchev–Trinajstić information content (AvgIpc) is 2.64. The zero-order valence-electron chi connectivity index (χ0n) is 14.9. The largest absolute Gasteiger partial charge is 0.493 e. The van der Waals surface area contributed by atoms with Crippen molar-refractivity contribution in [2.24, 2.45) is 0 Å². The maximum Gasteiger partial charge on any atom is 0.119 e. The fourth-order valence-electron chi connectivity index (χ4n) is 2.52. The van der Waals surface area contributed by atoms with Crippen LogP contribution in [0.2, 0.25) is 0 Å². The van der Waals surface area contributed by atoms with Crippen LogP contribution in [-0.4, -0.2) is 6.61 Å². The highest BCUT2D eigenvalue weighted by molar-refractivity contribution is 5.29. The molecule has 2 heteroatoms. The van der Waals surface area contributed by atoms with Crippen molar-refractivity contribution < 1.29 is 9.47 Å². The summed E-state index contributed by atoms with van der Waals surface area (Å²) < 4.78 is 11.6. The van der Waals surface area contributed by atoms with Crippen molar-refractivity contribution >= 4 is 0 Å². The lowest BCUT2D eigenvalue weighted by atomic mass is 10.1. The molecule has 0 aromatic heterocycles. The highest BCUT2D eigenvalue weighted by Crippen LogP contribution is 2.16. The Bertz CT molecular complexity index is 772. The monoisotopic (exact) mass is 332 g/mol. The molecule has 3 rings (SSSR count). The summed E-state index contributed by atoms with van der Waals surface area (Å²) in [6, 6.07) is 24.8. The van der Waals surface area contributed by atoms with E-state index < -0.39 is 0 Å². The Labute approximate surface area is 150 Å². The molecule has 0 aliphatic carbocycles. The van der Waals surface area contributed by atoms with Gasteiger partial charge in [0.05, 0.1) is 6.61 Å². The molecule has 0 atom stereocenters. The SMILES string of the molecule is Cc1ccc(CCOc2ccc(COc3ccc(C)cc3)cc2)cc1. The highest BCUT2D eigenvalue weighted by atomic mass is 16.5. The van der Waals surface area contributed by atoms with Crippen LogP contribution in [0, 0.1) is 13.8 Å². The normalized spacial score (nSPS) is 10.5. The summed E-state index contributed by atoms with van der Waals surface area (Å²) >= 11 is 0. The predicted octanol–water partition coefficient (Wildman–Crippen LogP) is 5.50. The standard InChI is InChI=1S/C23H24O2/c1-18-3-7-20(8-4-18)15-16-24-22-13-9-21(10-14-22)17-25-23-11-5-19(2)6-12-23/h3-14H,15-17H2,1-2H3. The number of benzene rings is 3. The first-order valence-corrected chi connectivity index (χ1v) is 8.66. The van der Waals surface area contributed by atoms with Gasteiger partial charge in [-0.25, -0.2) is 0 Å². The fourth-order valence-corrected chi connectivity index (χ4v) is 2.52. The first-order valence-electron chi connectivity index (χ1n) is 8.66. The molecule has 0 radical (unpaired) electrons. The van der Waals surface area contributed by atoms with Gasteiger partial charge in [-0.05, 0) is 49.2 Å². The Morgan fingerprint density at radius 2 is 1.04 bits per heavy atom. The molecule has 3 aromatic rings. The van der Waals surface area contributed by atoms with Gasteiger partial charge in [0, 0.05) is 6.42 Å². The third-order valence-electron chi connectivity index (χ3n) is 4.13. The molecule has 0 aliphatic rings. The van der Waals surface area contributed by atoms with Gasteiger partial charge < -0.3 is 9.47 Å². The molecule has 0 saturated heterocycles. The third kappa shape index (κ3) is 5.39. The van der Waals surface area contributed by atoms with Gasteiger partial charge in [0.25, 0.3) is 0 Å². The lowest BCUT2D eigenvalue weighted by molar-refractivity contribution is 0.304. The Morgan fingerprint density at radius 3 is 1.68 bits per heavy atom. The van der Waals surface area contributed by atoms with Crippen LogP contribution in [0.3, 0.4) is 0 Å². The summed E-state index contributed by atoms with van der Waals surface area (Å²) in [6.07, 6.45) is 0.915. The van der Waals surface area contributed by atoms with Crippen molar-refractivity contribution in [1.82, 2.24) is 0 Å². The van der Waals surface area contributed by atoms with Gasteiger partial charge in [-0.1, -0.05) is 59.7 Å². The number of hydrogen-bond donors (Lipinski definition) is 0. The van der Waals surface area contributed by atoms with E-state index in [1.54, 1.807) is 0 Å². The fraction of sp³-hybridized carbons (Fsp3) is 0.217. The Morgan fingerprint density at radius 1 is 0.560 bits per heavy atom. The molecule has 3 aromatic carbocycles. The molecule has 0 spiro atoms. The number of ether oxygens (including phenoxy) is 2. The van der Waals surface area contributed by atoms with E-state index in [4.69, 9.17) is 9.47 Å². The van der Waals surface area contributed by atoms with E-state index in [9.17, 15) is 0 Å². The topological polar surface area (TPSA) is 18.5 Å². The molecular weight excluding hydrogens is 308 g/mol. The van der Waals surface area contributed by atoms with E-state index in [1.165, 1.54) is 16.7 Å². The van der Waals surface area contributed by atoms with Crippen LogP contribution in [-0.2, 0) is 13.0 Å². The molecular formula is C23H24O2. The summed E-state index contributed by atoms with van der Waals surface area (Å²) in [4.78, 5) is 0. The van der Waals surface area contributed by atoms with Gasteiger partial charge in [-0.15, -0.1) is 0 Å². The summed E-state index contributed by atoms with van der Waals surface area (Å²) in [7, 11) is 0. The molecule has 128 valence electrons. The van der Waals surface area contributed by atoms with E-state index >= 15 is 0 Å². The van der Waals surface area contributed by atoms with Gasteiger partial charge in [0.15, 0.2) is 0 Å². The highest BCUT2D eigenvalue weighted by Gasteiger charge is 1.99. The second kappa shape index (κ2) is 8.39. The average molecular weight is 332 g/mol. The lowest BCUT2D eigenvalue weighted by Crippen LogP contribution is -2.01. The molecule has 2 nitrogen and oxygen atoms in total. The molecule has 0 amide bonds. The molecule has 0 unspecified atom stereocenters. The number of hydrogen-bond acceptors (Lipinski definition) is 2. The summed E-state index contributed by atoms with van der Waals surface area (Å²) in [5, 5.41) is 0. The van der Waals surface area contributed by atoms with Crippen molar-refractivity contribution in [3.05, 3.63) is 95.1 Å². The molecule has 0 N–H and O–H groups in total. The number of aryl methyl sites for hydroxylation is 2. The molecule has 0 heterocycles. The Hall–Kier alpha value is -2.74. The summed E-state index contributed by atoms with van der Waals surface area (Å²) in [6.45, 7) is 5.42. The van der Waals surface area contributed by atoms with Crippen molar-refractivity contribution in [3.8, 4) is 11.5 Å². The van der Waals surface area contributed by atoms with Crippen LogP contribution < -0.4 is 9.47 Å². The zero-order chi connectivity index (χ0) is 17.5. The Balaban J connectivity index is 1.45. The van der Waals surface area contributed by atoms with Gasteiger partial charge >= 0.3 is 0 Å². The predicted molar refractivity (Wildman–Crippen MR) is 102 cm³/mol. The summed E-state index contributed by atoms with van der Waals surface area (Å²) in [5.41, 5.74) is 4.95. The molecule has 25 heavy (non-hydrogen) atoms. The van der Waals surface area contributed by atoms with E-state index in [0.717, 1.165) is 23.5 Å². The summed E-state index contributed by atoms with van der Waals surface area (Å²) in [5.74, 6) is 1.79. The molecule has 0 saturated carbocycles. The van der Waals surface area contributed by atoms with Gasteiger partial charge in [-0.3, -0.25) is 0 Å². The molecule has 0 bridgehead atoms. The molecule has 0 aliphatic heterocycles. The third-order valence-corrected chi connectivity index (χ3v) is 4.13. The molecule has 0 fully saturated rings. The maximum absolute atomic E-state index is 5.83. The van der Waals surface area contributed by atoms with Gasteiger partial charge in [0.2, 0.25) is 0 Å². The maximum atomic E-state index is 5.83. The van der Waals surface area contributed by atoms with Crippen molar-refractivity contribution in [2.45, 2.75) is 26.9 Å². The van der Waals surface area contributed by atoms with Crippen LogP contribution in [0.25, 0.3) is 0 Å². The van der Waals surface area contributed by atoms with Crippen LogP contribution in [0.5, 0.6) is 11.5 Å². The van der Waals surface area contributed by atoms with E-state index in [1.807, 2.05) is 24.3 Å². The quantitative estimate of drug-likeness (QED) is 0.568. The smallest absolute Gasteiger partial charge is 0.119 e. The van der Waals surface area contributed by atoms with Gasteiger partial charge in [-0.2, -0.15) is 0 Å². The van der Waals surface area contributed by atoms with E-state index in [0.29, 0.717) is 13.2 Å². The second-order valence-electron chi connectivity index (χ2n) is 6.33. The van der Waals surface area contributed by atoms with E-state index in [-0.39, 0.29) is 0 Å². The minimum atomic E-state index is 0.562. The first kappa shape index (κ1) is 17.1. The van der Waals surface area contributed by atoms with Crippen molar-refractivity contribution in [1.29, 1.82) is 0 Å². The Kier molecular flexibility index (Phi) is 5.73. The van der Waals surface area contributed by atoms with Crippen LogP contribution in [0.1, 0.15) is 22.3 Å². The lowest BCUT2D eigenvalue weighted by Gasteiger charge is -2.09. The van der Waals surface area contributed by atoms with Gasteiger partial charge in [0.1, 0.15) is 18.1 Å². The minimum absolute atomic E-state index is 0.562. The minimum Gasteiger partial charge on any atom is -0.493 e. The van der Waals surface area contributed by atoms with Crippen molar-refractivity contribution in [2.75, 3.05) is 6.61 Å².